The fourth-order valence-electron chi connectivity index (χ4n) is 11.6. The number of rotatable bonds is 20. The van der Waals surface area contributed by atoms with Gasteiger partial charge in [-0.2, -0.15) is 0 Å². The minimum Gasteiger partial charge on any atom is -0.497 e. The lowest BCUT2D eigenvalue weighted by Crippen LogP contribution is -2.10. The molecule has 0 aliphatic carbocycles. The van der Waals surface area contributed by atoms with E-state index in [0.717, 1.165) is 147 Å². The van der Waals surface area contributed by atoms with E-state index in [1.165, 1.54) is 0 Å². The number of hydrogen-bond acceptors (Lipinski definition) is 10. The largest absolute Gasteiger partial charge is 0.497 e. The van der Waals surface area contributed by atoms with Crippen LogP contribution in [0.5, 0.6) is 34.5 Å². The third-order valence-electron chi connectivity index (χ3n) is 16.2. The lowest BCUT2D eigenvalue weighted by Gasteiger charge is -2.26. The normalized spacial score (nSPS) is 11.0. The maximum Gasteiger partial charge on any atom is 0.119 e. The van der Waals surface area contributed by atoms with Crippen LogP contribution in [-0.4, -0.2) is 47.6 Å². The molecule has 0 unspecified atom stereocenters. The zero-order valence-electron chi connectivity index (χ0n) is 50.3. The van der Waals surface area contributed by atoms with Crippen molar-refractivity contribution in [2.45, 2.75) is 0 Å². The van der Waals surface area contributed by atoms with Gasteiger partial charge in [0, 0.05) is 90.1 Å². The highest BCUT2D eigenvalue weighted by Gasteiger charge is 2.20. The first-order chi connectivity index (χ1) is 43.8. The minimum absolute atomic E-state index is 0.789. The van der Waals surface area contributed by atoms with Crippen molar-refractivity contribution in [3.05, 3.63) is 279 Å². The third kappa shape index (κ3) is 11.7. The quantitative estimate of drug-likeness (QED) is 0.0797. The highest BCUT2D eigenvalue weighted by molar-refractivity contribution is 6.09. The zero-order chi connectivity index (χ0) is 60.8. The first-order valence-corrected chi connectivity index (χ1v) is 29.3. The summed E-state index contributed by atoms with van der Waals surface area (Å²) in [4.78, 5) is 12.9. The molecule has 0 bridgehead atoms. The van der Waals surface area contributed by atoms with Crippen LogP contribution in [0.4, 0.5) is 68.2 Å². The number of hydrogen-bond donors (Lipinski definition) is 1. The van der Waals surface area contributed by atoms with Crippen LogP contribution in [0.15, 0.2) is 279 Å². The Bertz CT molecular complexity index is 4120. The molecule has 0 radical (unpaired) electrons. The summed E-state index contributed by atoms with van der Waals surface area (Å²) in [5.74, 6) is 4.78. The molecule has 13 aromatic rings. The van der Waals surface area contributed by atoms with Gasteiger partial charge in [0.1, 0.15) is 34.5 Å². The number of anilines is 12. The van der Waals surface area contributed by atoms with Crippen LogP contribution >= 0.6 is 0 Å². The Kier molecular flexibility index (Phi) is 16.0. The van der Waals surface area contributed by atoms with E-state index in [0.29, 0.717) is 0 Å². The molecule has 0 fully saturated rings. The molecule has 0 saturated carbocycles. The van der Waals surface area contributed by atoms with Gasteiger partial charge < -0.3 is 53.0 Å². The van der Waals surface area contributed by atoms with Gasteiger partial charge >= 0.3 is 0 Å². The molecule has 0 atom stereocenters. The SMILES string of the molecule is COc1ccc(N(c2ccc(OC)cc2)c2ccc(-c3ccc(N(c4ccc(OC)cc4)c4ccc5c(c4)[nH]c4cc(N(c6ccc(OC)cc6)c6ccc(-c7ccc(N(c8ccc(OC)cc8)c8ccc(OC)cc8)cc7)cc6)ccc45)cc3)cc2)cc1. The molecule has 438 valence electrons. The number of benzene rings is 12. The fraction of sp³-hybridized carbons (Fsp3) is 0.0769. The Morgan fingerprint density at radius 2 is 0.348 bits per heavy atom. The van der Waals surface area contributed by atoms with Crippen molar-refractivity contribution in [1.29, 1.82) is 0 Å². The van der Waals surface area contributed by atoms with Gasteiger partial charge in [0.2, 0.25) is 0 Å². The minimum atomic E-state index is 0.789. The van der Waals surface area contributed by atoms with Crippen molar-refractivity contribution in [3.63, 3.8) is 0 Å². The molecular weight excluding hydrogens is 1100 g/mol. The molecule has 89 heavy (non-hydrogen) atoms. The summed E-state index contributed by atoms with van der Waals surface area (Å²) in [7, 11) is 10.1. The van der Waals surface area contributed by atoms with Crippen molar-refractivity contribution in [1.82, 2.24) is 4.98 Å². The van der Waals surface area contributed by atoms with Crippen LogP contribution in [0.3, 0.4) is 0 Å². The number of aromatic amines is 1. The molecule has 12 aromatic carbocycles. The molecule has 1 N–H and O–H groups in total. The number of H-pyrrole nitrogens is 1. The van der Waals surface area contributed by atoms with Gasteiger partial charge in [-0.1, -0.05) is 60.7 Å². The predicted octanol–water partition coefficient (Wildman–Crippen LogP) is 20.6. The standard InChI is InChI=1S/C78H65N5O6/c1-84-69-37-23-61(24-38-69)80(62-25-39-70(85-2)40-26-62)57-15-7-53(8-16-57)55-11-19-59(20-12-55)82(65-31-45-73(88-5)46-32-65)67-35-49-75-76-50-36-68(52-78(76)79-77(75)51-67)83(66-33-47-74(89-6)48-34-66)60-21-13-56(14-22-60)54-9-17-58(18-10-54)81(63-27-41-71(86-3)42-28-63)64-29-43-72(87-4)44-30-64/h7-52,79H,1-6H3. The van der Waals surface area contributed by atoms with E-state index >= 15 is 0 Å². The Balaban J connectivity index is 0.795. The molecule has 0 aliphatic heterocycles. The van der Waals surface area contributed by atoms with E-state index in [1.807, 2.05) is 72.8 Å². The van der Waals surface area contributed by atoms with Crippen LogP contribution < -0.4 is 48.0 Å². The van der Waals surface area contributed by atoms with E-state index in [2.05, 4.69) is 231 Å². The number of methoxy groups -OCH3 is 6. The molecule has 0 saturated heterocycles. The number of nitrogens with one attached hydrogen (secondary N) is 1. The van der Waals surface area contributed by atoms with Crippen molar-refractivity contribution in [3.8, 4) is 56.8 Å². The van der Waals surface area contributed by atoms with Gasteiger partial charge in [0.15, 0.2) is 0 Å². The number of ether oxygens (including phenoxy) is 6. The van der Waals surface area contributed by atoms with Crippen LogP contribution in [-0.2, 0) is 0 Å². The summed E-state index contributed by atoms with van der Waals surface area (Å²) >= 11 is 0. The Morgan fingerprint density at radius 3 is 0.528 bits per heavy atom. The zero-order valence-corrected chi connectivity index (χ0v) is 50.3. The average Bonchev–Trinajstić information content (AvgIpc) is 1.98. The fourth-order valence-corrected chi connectivity index (χ4v) is 11.6. The number of aromatic nitrogens is 1. The molecule has 0 amide bonds. The summed E-state index contributed by atoms with van der Waals surface area (Å²) in [6, 6.07) is 97.1. The molecule has 1 aromatic heterocycles. The second-order valence-electron chi connectivity index (χ2n) is 21.3. The molecule has 0 spiro atoms. The molecule has 0 aliphatic rings. The molecule has 1 heterocycles. The van der Waals surface area contributed by atoms with Crippen molar-refractivity contribution >= 4 is 90.1 Å². The van der Waals surface area contributed by atoms with Crippen LogP contribution in [0, 0.1) is 0 Å². The second-order valence-corrected chi connectivity index (χ2v) is 21.3. The van der Waals surface area contributed by atoms with Crippen LogP contribution in [0.2, 0.25) is 0 Å². The monoisotopic (exact) mass is 1170 g/mol. The number of fused-ring (bicyclic) bond motifs is 3. The van der Waals surface area contributed by atoms with Gasteiger partial charge in [-0.25, -0.2) is 0 Å². The van der Waals surface area contributed by atoms with Gasteiger partial charge in [0.05, 0.1) is 42.7 Å². The highest BCUT2D eigenvalue weighted by Crippen LogP contribution is 2.44. The van der Waals surface area contributed by atoms with Crippen molar-refractivity contribution < 1.29 is 28.4 Å². The summed E-state index contributed by atoms with van der Waals surface area (Å²) in [6.45, 7) is 0. The van der Waals surface area contributed by atoms with Gasteiger partial charge in [-0.05, 0) is 241 Å². The predicted molar refractivity (Wildman–Crippen MR) is 365 cm³/mol. The van der Waals surface area contributed by atoms with Crippen molar-refractivity contribution in [2.75, 3.05) is 62.3 Å². The summed E-state index contributed by atoms with van der Waals surface area (Å²) in [5.41, 5.74) is 18.6. The lowest BCUT2D eigenvalue weighted by atomic mass is 10.0. The van der Waals surface area contributed by atoms with Gasteiger partial charge in [-0.15, -0.1) is 0 Å². The maximum atomic E-state index is 5.62. The summed E-state index contributed by atoms with van der Waals surface area (Å²) in [5, 5.41) is 2.26. The molecule has 11 heteroatoms. The lowest BCUT2D eigenvalue weighted by molar-refractivity contribution is 0.414. The van der Waals surface area contributed by atoms with E-state index in [1.54, 1.807) is 42.7 Å². The van der Waals surface area contributed by atoms with E-state index < -0.39 is 0 Å². The van der Waals surface area contributed by atoms with E-state index in [-0.39, 0.29) is 0 Å². The Hall–Kier alpha value is -11.6. The van der Waals surface area contributed by atoms with Crippen LogP contribution in [0.1, 0.15) is 0 Å². The summed E-state index contributed by atoms with van der Waals surface area (Å²) in [6.07, 6.45) is 0. The van der Waals surface area contributed by atoms with Gasteiger partial charge in [0.25, 0.3) is 0 Å². The first kappa shape index (κ1) is 56.6. The topological polar surface area (TPSA) is 84.1 Å². The second kappa shape index (κ2) is 25.2. The molecule has 11 nitrogen and oxygen atoms in total. The average molecular weight is 1170 g/mol. The van der Waals surface area contributed by atoms with Gasteiger partial charge in [-0.3, -0.25) is 0 Å². The third-order valence-corrected chi connectivity index (χ3v) is 16.2. The van der Waals surface area contributed by atoms with Crippen LogP contribution in [0.25, 0.3) is 44.1 Å². The molecular formula is C78H65N5O6. The summed E-state index contributed by atoms with van der Waals surface area (Å²) < 4.78 is 33.2. The first-order valence-electron chi connectivity index (χ1n) is 29.3. The number of nitrogens with zero attached hydrogens (tertiary/aromatic N) is 4. The van der Waals surface area contributed by atoms with E-state index in [9.17, 15) is 0 Å². The highest BCUT2D eigenvalue weighted by atomic mass is 16.5. The Morgan fingerprint density at radius 1 is 0.191 bits per heavy atom. The van der Waals surface area contributed by atoms with Crippen molar-refractivity contribution in [2.24, 2.45) is 0 Å². The Labute approximate surface area is 518 Å². The van der Waals surface area contributed by atoms with E-state index in [4.69, 9.17) is 28.4 Å². The maximum absolute atomic E-state index is 5.62. The molecule has 13 rings (SSSR count). The smallest absolute Gasteiger partial charge is 0.119 e.